The molecule has 1 aromatic heterocycles. The number of halogens is 1. The molecule has 0 bridgehead atoms. The Morgan fingerprint density at radius 1 is 0.935 bits per heavy atom. The summed E-state index contributed by atoms with van der Waals surface area (Å²) in [6, 6.07) is 29.7. The topological polar surface area (TPSA) is 37.3 Å². The van der Waals surface area contributed by atoms with Crippen molar-refractivity contribution in [3.8, 4) is 5.69 Å². The Kier molecular flexibility index (Phi) is 5.23. The lowest BCUT2D eigenvalue weighted by Crippen LogP contribution is -2.41. The lowest BCUT2D eigenvalue weighted by Gasteiger charge is -2.31. The number of para-hydroxylation sites is 1. The van der Waals surface area contributed by atoms with Crippen molar-refractivity contribution in [3.05, 3.63) is 125 Å². The molecule has 0 radical (unpaired) electrons. The molecule has 5 rings (SSSR count). The maximum Gasteiger partial charge on any atom is 0.318 e. The second kappa shape index (κ2) is 8.32. The zero-order chi connectivity index (χ0) is 21.2. The van der Waals surface area contributed by atoms with E-state index in [1.54, 1.807) is 0 Å². The Bertz CT molecular complexity index is 1220. The van der Waals surface area contributed by atoms with E-state index >= 15 is 0 Å². The van der Waals surface area contributed by atoms with Gasteiger partial charge >= 0.3 is 6.03 Å². The molecule has 0 fully saturated rings. The third-order valence-electron chi connectivity index (χ3n) is 5.68. The van der Waals surface area contributed by atoms with Gasteiger partial charge in [-0.05, 0) is 47.0 Å². The second-order valence-electron chi connectivity index (χ2n) is 7.66. The Balaban J connectivity index is 1.57. The summed E-state index contributed by atoms with van der Waals surface area (Å²) in [6.07, 6.45) is 2.05. The number of amides is 2. The van der Waals surface area contributed by atoms with Crippen LogP contribution in [0.15, 0.2) is 97.2 Å². The number of aromatic nitrogens is 1. The van der Waals surface area contributed by atoms with E-state index in [0.717, 1.165) is 28.1 Å². The van der Waals surface area contributed by atoms with Gasteiger partial charge in [0.2, 0.25) is 0 Å². The fraction of sp³-hybridized carbons (Fsp3) is 0.115. The summed E-state index contributed by atoms with van der Waals surface area (Å²) in [7, 11) is 0. The van der Waals surface area contributed by atoms with Crippen molar-refractivity contribution in [1.29, 1.82) is 0 Å². The standard InChI is InChI=1S/C26H22ClN3O/c27-22-12-6-11-20(16-22)25-24-14-7-15-29(24)23-13-5-4-10-21(23)18-30(25)26(31)28-17-19-8-2-1-3-9-19/h1-16,25H,17-18H2,(H,28,31)/t25-/m1/s1. The molecule has 5 heteroatoms. The van der Waals surface area contributed by atoms with Crippen LogP contribution in [-0.2, 0) is 13.1 Å². The van der Waals surface area contributed by atoms with Gasteiger partial charge in [-0.25, -0.2) is 4.79 Å². The Hall–Kier alpha value is -3.50. The highest BCUT2D eigenvalue weighted by Crippen LogP contribution is 2.37. The molecule has 0 saturated carbocycles. The molecule has 1 atom stereocenters. The summed E-state index contributed by atoms with van der Waals surface area (Å²) in [4.78, 5) is 15.4. The quantitative estimate of drug-likeness (QED) is 0.431. The van der Waals surface area contributed by atoms with Crippen LogP contribution in [0.25, 0.3) is 5.69 Å². The van der Waals surface area contributed by atoms with E-state index in [2.05, 4.69) is 34.3 Å². The first kappa shape index (κ1) is 19.5. The minimum Gasteiger partial charge on any atom is -0.334 e. The zero-order valence-electron chi connectivity index (χ0n) is 16.9. The average molecular weight is 428 g/mol. The van der Waals surface area contributed by atoms with Gasteiger partial charge in [-0.3, -0.25) is 0 Å². The van der Waals surface area contributed by atoms with Crippen LogP contribution >= 0.6 is 11.6 Å². The maximum atomic E-state index is 13.5. The molecule has 0 aliphatic carbocycles. The van der Waals surface area contributed by atoms with Crippen LogP contribution in [0.4, 0.5) is 4.79 Å². The molecule has 0 spiro atoms. The number of hydrogen-bond donors (Lipinski definition) is 1. The number of carbonyl (C=O) groups is 1. The second-order valence-corrected chi connectivity index (χ2v) is 8.10. The minimum absolute atomic E-state index is 0.113. The van der Waals surface area contributed by atoms with Crippen molar-refractivity contribution >= 4 is 17.6 Å². The number of benzene rings is 3. The van der Waals surface area contributed by atoms with E-state index in [1.165, 1.54) is 0 Å². The SMILES string of the molecule is O=C(NCc1ccccc1)N1Cc2ccccc2-n2cccc2[C@H]1c1cccc(Cl)c1. The summed E-state index contributed by atoms with van der Waals surface area (Å²) in [5.41, 5.74) is 5.26. The van der Waals surface area contributed by atoms with Gasteiger partial charge in [0.05, 0.1) is 18.3 Å². The number of urea groups is 1. The molecule has 1 aliphatic heterocycles. The van der Waals surface area contributed by atoms with Gasteiger partial charge in [0.15, 0.2) is 0 Å². The van der Waals surface area contributed by atoms with Gasteiger partial charge in [-0.2, -0.15) is 0 Å². The van der Waals surface area contributed by atoms with Crippen molar-refractivity contribution < 1.29 is 4.79 Å². The third kappa shape index (κ3) is 3.82. The number of hydrogen-bond acceptors (Lipinski definition) is 1. The molecule has 1 aliphatic rings. The molecular formula is C26H22ClN3O. The van der Waals surface area contributed by atoms with Gasteiger partial charge in [0, 0.05) is 23.5 Å². The number of nitrogens with zero attached hydrogens (tertiary/aromatic N) is 2. The van der Waals surface area contributed by atoms with Crippen molar-refractivity contribution in [2.45, 2.75) is 19.1 Å². The summed E-state index contributed by atoms with van der Waals surface area (Å²) >= 11 is 6.34. The third-order valence-corrected chi connectivity index (χ3v) is 5.91. The van der Waals surface area contributed by atoms with Crippen LogP contribution in [0.1, 0.15) is 28.4 Å². The highest BCUT2D eigenvalue weighted by atomic mass is 35.5. The van der Waals surface area contributed by atoms with Crippen molar-refractivity contribution in [3.63, 3.8) is 0 Å². The summed E-state index contributed by atoms with van der Waals surface area (Å²) in [5.74, 6) is 0. The molecule has 3 aromatic carbocycles. The monoisotopic (exact) mass is 427 g/mol. The first-order valence-electron chi connectivity index (χ1n) is 10.3. The highest BCUT2D eigenvalue weighted by Gasteiger charge is 2.32. The summed E-state index contributed by atoms with van der Waals surface area (Å²) in [5, 5.41) is 3.76. The van der Waals surface area contributed by atoms with Crippen molar-refractivity contribution in [1.82, 2.24) is 14.8 Å². The molecule has 2 heterocycles. The van der Waals surface area contributed by atoms with E-state index < -0.39 is 0 Å². The molecule has 0 saturated heterocycles. The smallest absolute Gasteiger partial charge is 0.318 e. The van der Waals surface area contributed by atoms with Gasteiger partial charge in [-0.1, -0.05) is 72.3 Å². The van der Waals surface area contributed by atoms with E-state index in [4.69, 9.17) is 11.6 Å². The lowest BCUT2D eigenvalue weighted by molar-refractivity contribution is 0.180. The van der Waals surface area contributed by atoms with Gasteiger partial charge < -0.3 is 14.8 Å². The Morgan fingerprint density at radius 3 is 2.58 bits per heavy atom. The highest BCUT2D eigenvalue weighted by molar-refractivity contribution is 6.30. The number of carbonyl (C=O) groups excluding carboxylic acids is 1. The average Bonchev–Trinajstić information content (AvgIpc) is 3.22. The molecule has 0 unspecified atom stereocenters. The maximum absolute atomic E-state index is 13.5. The van der Waals surface area contributed by atoms with Gasteiger partial charge in [0.1, 0.15) is 0 Å². The zero-order valence-corrected chi connectivity index (χ0v) is 17.7. The number of fused-ring (bicyclic) bond motifs is 3. The molecule has 4 nitrogen and oxygen atoms in total. The van der Waals surface area contributed by atoms with Crippen LogP contribution in [0, 0.1) is 0 Å². The molecule has 31 heavy (non-hydrogen) atoms. The molecule has 154 valence electrons. The van der Waals surface area contributed by atoms with Crippen LogP contribution in [0.5, 0.6) is 0 Å². The van der Waals surface area contributed by atoms with Crippen LogP contribution in [0.2, 0.25) is 5.02 Å². The predicted molar refractivity (Wildman–Crippen MR) is 123 cm³/mol. The normalized spacial score (nSPS) is 15.0. The van der Waals surface area contributed by atoms with Crippen LogP contribution in [0.3, 0.4) is 0 Å². The molecule has 2 amide bonds. The van der Waals surface area contributed by atoms with Gasteiger partial charge in [0.25, 0.3) is 0 Å². The van der Waals surface area contributed by atoms with E-state index in [1.807, 2.05) is 77.7 Å². The molecule has 4 aromatic rings. The van der Waals surface area contributed by atoms with Crippen LogP contribution < -0.4 is 5.32 Å². The Labute approximate surface area is 186 Å². The fourth-order valence-corrected chi connectivity index (χ4v) is 4.44. The van der Waals surface area contributed by atoms with Crippen molar-refractivity contribution in [2.75, 3.05) is 0 Å². The summed E-state index contributed by atoms with van der Waals surface area (Å²) < 4.78 is 2.17. The molecule has 1 N–H and O–H groups in total. The van der Waals surface area contributed by atoms with E-state index in [0.29, 0.717) is 18.1 Å². The largest absolute Gasteiger partial charge is 0.334 e. The van der Waals surface area contributed by atoms with E-state index in [9.17, 15) is 4.79 Å². The number of rotatable bonds is 3. The predicted octanol–water partition coefficient (Wildman–Crippen LogP) is 5.95. The fourth-order valence-electron chi connectivity index (χ4n) is 4.24. The summed E-state index contributed by atoms with van der Waals surface area (Å²) in [6.45, 7) is 0.969. The van der Waals surface area contributed by atoms with E-state index in [-0.39, 0.29) is 12.1 Å². The minimum atomic E-state index is -0.267. The first-order chi connectivity index (χ1) is 15.2. The first-order valence-corrected chi connectivity index (χ1v) is 10.7. The lowest BCUT2D eigenvalue weighted by atomic mass is 10.0. The van der Waals surface area contributed by atoms with Gasteiger partial charge in [-0.15, -0.1) is 0 Å². The van der Waals surface area contributed by atoms with Crippen molar-refractivity contribution in [2.24, 2.45) is 0 Å². The van der Waals surface area contributed by atoms with Crippen LogP contribution in [-0.4, -0.2) is 15.5 Å². The Morgan fingerprint density at radius 2 is 1.74 bits per heavy atom. The molecular weight excluding hydrogens is 406 g/mol. The number of nitrogens with one attached hydrogen (secondary N) is 1.